The second-order valence-corrected chi connectivity index (χ2v) is 8.24. The minimum absolute atomic E-state index is 0.0686. The molecule has 3 rings (SSSR count). The molecular formula is C20H31N7O2. The molecule has 0 amide bonds. The maximum Gasteiger partial charge on any atom is 0.301 e. The van der Waals surface area contributed by atoms with Crippen molar-refractivity contribution in [1.82, 2.24) is 10.6 Å². The first-order valence-electron chi connectivity index (χ1n) is 10.0. The van der Waals surface area contributed by atoms with E-state index < -0.39 is 10.6 Å². The lowest BCUT2D eigenvalue weighted by Crippen LogP contribution is -2.64. The second kappa shape index (κ2) is 8.79. The Labute approximate surface area is 171 Å². The van der Waals surface area contributed by atoms with Gasteiger partial charge in [-0.25, -0.2) is 4.99 Å². The number of hydrogen-bond donors (Lipinski definition) is 4. The summed E-state index contributed by atoms with van der Waals surface area (Å²) in [5, 5.41) is 17.5. The zero-order chi connectivity index (χ0) is 21.0. The second-order valence-electron chi connectivity index (χ2n) is 8.24. The van der Waals surface area contributed by atoms with Crippen molar-refractivity contribution in [2.45, 2.75) is 50.4 Å². The van der Waals surface area contributed by atoms with Gasteiger partial charge in [0.25, 0.3) is 0 Å². The number of nitrogens with two attached hydrogens (primary N) is 2. The van der Waals surface area contributed by atoms with E-state index in [1.807, 2.05) is 37.2 Å². The highest BCUT2D eigenvalue weighted by Crippen LogP contribution is 2.32. The molecule has 0 aromatic heterocycles. The van der Waals surface area contributed by atoms with Crippen LogP contribution < -0.4 is 27.0 Å². The van der Waals surface area contributed by atoms with Gasteiger partial charge in [-0.1, -0.05) is 12.1 Å². The zero-order valence-electron chi connectivity index (χ0n) is 17.1. The molecule has 1 unspecified atom stereocenters. The van der Waals surface area contributed by atoms with Gasteiger partial charge < -0.3 is 21.3 Å². The number of guanidine groups is 1. The van der Waals surface area contributed by atoms with Crippen LogP contribution >= 0.6 is 0 Å². The monoisotopic (exact) mass is 401 g/mol. The predicted octanol–water partition coefficient (Wildman–Crippen LogP) is 1.48. The maximum atomic E-state index is 11.6. The number of nitrogens with one attached hydrogen (secondary N) is 2. The summed E-state index contributed by atoms with van der Waals surface area (Å²) in [5.74, 6) is 0.743. The van der Waals surface area contributed by atoms with E-state index in [1.165, 1.54) is 6.20 Å². The summed E-state index contributed by atoms with van der Waals surface area (Å²) in [4.78, 5) is 17.7. The zero-order valence-corrected chi connectivity index (χ0v) is 17.1. The van der Waals surface area contributed by atoms with Crippen LogP contribution in [0.25, 0.3) is 0 Å². The van der Waals surface area contributed by atoms with Gasteiger partial charge in [0.2, 0.25) is 0 Å². The van der Waals surface area contributed by atoms with Crippen LogP contribution in [0.5, 0.6) is 0 Å². The summed E-state index contributed by atoms with van der Waals surface area (Å²) in [6.07, 6.45) is 5.57. The molecule has 1 aliphatic heterocycles. The van der Waals surface area contributed by atoms with Gasteiger partial charge in [-0.05, 0) is 55.7 Å². The van der Waals surface area contributed by atoms with Gasteiger partial charge in [-0.3, -0.25) is 15.8 Å². The Morgan fingerprint density at radius 2 is 2.03 bits per heavy atom. The summed E-state index contributed by atoms with van der Waals surface area (Å²) in [7, 11) is 3.97. The maximum absolute atomic E-state index is 11.6. The van der Waals surface area contributed by atoms with Crippen molar-refractivity contribution in [1.29, 1.82) is 0 Å². The van der Waals surface area contributed by atoms with Crippen molar-refractivity contribution >= 4 is 11.6 Å². The molecule has 0 spiro atoms. The first-order chi connectivity index (χ1) is 13.8. The molecule has 1 aliphatic carbocycles. The Hall–Kier alpha value is -2.65. The summed E-state index contributed by atoms with van der Waals surface area (Å²) < 4.78 is 0. The summed E-state index contributed by atoms with van der Waals surface area (Å²) >= 11 is 0. The van der Waals surface area contributed by atoms with Crippen LogP contribution in [0.2, 0.25) is 0 Å². The molecule has 9 nitrogen and oxygen atoms in total. The number of nitro groups is 1. The van der Waals surface area contributed by atoms with E-state index in [1.54, 1.807) is 0 Å². The summed E-state index contributed by atoms with van der Waals surface area (Å²) in [6, 6.07) is 8.30. The third kappa shape index (κ3) is 5.24. The summed E-state index contributed by atoms with van der Waals surface area (Å²) in [5.41, 5.74) is 13.3. The molecule has 6 N–H and O–H groups in total. The topological polar surface area (TPSA) is 135 Å². The van der Waals surface area contributed by atoms with Crippen molar-refractivity contribution < 1.29 is 4.92 Å². The molecule has 9 heteroatoms. The van der Waals surface area contributed by atoms with Crippen molar-refractivity contribution in [3.05, 3.63) is 51.8 Å². The quantitative estimate of drug-likeness (QED) is 0.419. The fourth-order valence-electron chi connectivity index (χ4n) is 3.98. The van der Waals surface area contributed by atoms with Crippen LogP contribution in [-0.4, -0.2) is 36.7 Å². The fourth-order valence-corrected chi connectivity index (χ4v) is 3.98. The number of anilines is 1. The Bertz CT molecular complexity index is 800. The highest BCUT2D eigenvalue weighted by atomic mass is 16.6. The number of hydrogen-bond acceptors (Lipinski definition) is 6. The average Bonchev–Trinajstić information content (AvgIpc) is 2.68. The van der Waals surface area contributed by atoms with Crippen LogP contribution in [0.1, 0.15) is 37.7 Å². The van der Waals surface area contributed by atoms with Gasteiger partial charge in [0.1, 0.15) is 0 Å². The number of aliphatic imine (C=N–C) groups is 1. The summed E-state index contributed by atoms with van der Waals surface area (Å²) in [6.45, 7) is 0.438. The average molecular weight is 402 g/mol. The van der Waals surface area contributed by atoms with Crippen molar-refractivity contribution in [2.24, 2.45) is 22.4 Å². The van der Waals surface area contributed by atoms with Crippen LogP contribution in [-0.2, 0) is 6.54 Å². The largest absolute Gasteiger partial charge is 0.378 e. The molecule has 2 aliphatic rings. The van der Waals surface area contributed by atoms with E-state index in [4.69, 9.17) is 11.5 Å². The Morgan fingerprint density at radius 1 is 1.31 bits per heavy atom. The smallest absolute Gasteiger partial charge is 0.301 e. The number of rotatable bonds is 6. The molecule has 1 saturated carbocycles. The minimum Gasteiger partial charge on any atom is -0.378 e. The van der Waals surface area contributed by atoms with Crippen LogP contribution in [0, 0.1) is 16.0 Å². The molecule has 1 aromatic rings. The van der Waals surface area contributed by atoms with E-state index in [2.05, 4.69) is 21.7 Å². The third-order valence-electron chi connectivity index (χ3n) is 5.69. The van der Waals surface area contributed by atoms with E-state index in [-0.39, 0.29) is 11.7 Å². The fraction of sp³-hybridized carbons (Fsp3) is 0.550. The molecule has 0 radical (unpaired) electrons. The number of nitrogens with zero attached hydrogens (tertiary/aromatic N) is 3. The highest BCUT2D eigenvalue weighted by Gasteiger charge is 2.44. The molecular weight excluding hydrogens is 370 g/mol. The third-order valence-corrected chi connectivity index (χ3v) is 5.69. The predicted molar refractivity (Wildman–Crippen MR) is 115 cm³/mol. The molecule has 29 heavy (non-hydrogen) atoms. The van der Waals surface area contributed by atoms with Gasteiger partial charge in [0, 0.05) is 25.8 Å². The number of benzene rings is 1. The highest BCUT2D eigenvalue weighted by molar-refractivity contribution is 5.83. The molecule has 0 bridgehead atoms. The molecule has 0 saturated heterocycles. The van der Waals surface area contributed by atoms with Gasteiger partial charge in [-0.15, -0.1) is 0 Å². The van der Waals surface area contributed by atoms with E-state index in [0.717, 1.165) is 36.9 Å². The lowest BCUT2D eigenvalue weighted by Gasteiger charge is -2.37. The molecule has 1 aromatic carbocycles. The standard InChI is InChI=1S/C20H31N7O2/c1-26(2)17-5-3-4-15(10-17)12-23-19-24-13-18(27(28)29)20(22,25-19)11-14-6-8-16(21)9-7-14/h3-5,10,13-14,16H,6-9,11-12,21-22H2,1-2H3,(H2,23,24,25). The molecule has 1 atom stereocenters. The lowest BCUT2D eigenvalue weighted by atomic mass is 9.80. The SMILES string of the molecule is CN(C)c1cccc(CN=C2NC=C([N+](=O)[O-])C(N)(CC3CCC(N)CC3)N2)c1. The van der Waals surface area contributed by atoms with Crippen molar-refractivity contribution in [3.8, 4) is 0 Å². The Balaban J connectivity index is 1.74. The van der Waals surface area contributed by atoms with Crippen LogP contribution in [0.15, 0.2) is 41.2 Å². The van der Waals surface area contributed by atoms with Crippen molar-refractivity contribution in [2.75, 3.05) is 19.0 Å². The Kier molecular flexibility index (Phi) is 6.39. The molecule has 1 heterocycles. The Morgan fingerprint density at radius 3 is 2.69 bits per heavy atom. The van der Waals surface area contributed by atoms with Crippen molar-refractivity contribution in [3.63, 3.8) is 0 Å². The molecule has 158 valence electrons. The minimum atomic E-state index is -1.26. The van der Waals surface area contributed by atoms with Gasteiger partial charge in [-0.2, -0.15) is 0 Å². The first kappa shape index (κ1) is 21.1. The normalized spacial score (nSPS) is 28.3. The van der Waals surface area contributed by atoms with E-state index in [0.29, 0.717) is 24.8 Å². The van der Waals surface area contributed by atoms with E-state index >= 15 is 0 Å². The first-order valence-corrected chi connectivity index (χ1v) is 10.0. The van der Waals surface area contributed by atoms with Gasteiger partial charge in [0.05, 0.1) is 17.7 Å². The van der Waals surface area contributed by atoms with Gasteiger partial charge in [0.15, 0.2) is 11.6 Å². The van der Waals surface area contributed by atoms with E-state index in [9.17, 15) is 10.1 Å². The van der Waals surface area contributed by atoms with Gasteiger partial charge >= 0.3 is 5.70 Å². The van der Waals surface area contributed by atoms with Crippen LogP contribution in [0.3, 0.4) is 0 Å². The molecule has 1 fully saturated rings. The lowest BCUT2D eigenvalue weighted by molar-refractivity contribution is -0.437. The van der Waals surface area contributed by atoms with Crippen LogP contribution in [0.4, 0.5) is 5.69 Å².